The van der Waals surface area contributed by atoms with E-state index in [2.05, 4.69) is 25.9 Å². The summed E-state index contributed by atoms with van der Waals surface area (Å²) in [4.78, 5) is 20.8. The first kappa shape index (κ1) is 16.6. The maximum absolute atomic E-state index is 13.1. The van der Waals surface area contributed by atoms with Gasteiger partial charge in [-0.1, -0.05) is 18.2 Å². The van der Waals surface area contributed by atoms with Gasteiger partial charge in [0.1, 0.15) is 12.1 Å². The van der Waals surface area contributed by atoms with Crippen molar-refractivity contribution < 1.29 is 9.18 Å². The first-order valence-electron chi connectivity index (χ1n) is 8.20. The Labute approximate surface area is 153 Å². The average molecular weight is 362 g/mol. The lowest BCUT2D eigenvalue weighted by atomic mass is 10.1. The summed E-state index contributed by atoms with van der Waals surface area (Å²) in [7, 11) is 0. The van der Waals surface area contributed by atoms with Crippen LogP contribution in [0.2, 0.25) is 0 Å². The Morgan fingerprint density at radius 2 is 1.85 bits per heavy atom. The van der Waals surface area contributed by atoms with Crippen molar-refractivity contribution in [1.29, 1.82) is 0 Å². The zero-order valence-electron chi connectivity index (χ0n) is 14.3. The van der Waals surface area contributed by atoms with Gasteiger partial charge in [-0.05, 0) is 42.8 Å². The van der Waals surface area contributed by atoms with Crippen molar-refractivity contribution >= 4 is 22.8 Å². The minimum Gasteiger partial charge on any atom is -0.281 e. The van der Waals surface area contributed by atoms with Crippen molar-refractivity contribution in [1.82, 2.24) is 25.2 Å². The van der Waals surface area contributed by atoms with Gasteiger partial charge in [-0.15, -0.1) is 0 Å². The third-order valence-electron chi connectivity index (χ3n) is 4.12. The van der Waals surface area contributed by atoms with Crippen molar-refractivity contribution in [3.05, 3.63) is 78.0 Å². The van der Waals surface area contributed by atoms with Crippen molar-refractivity contribution in [3.8, 4) is 5.69 Å². The van der Waals surface area contributed by atoms with E-state index in [1.54, 1.807) is 35.1 Å². The highest BCUT2D eigenvalue weighted by Gasteiger charge is 2.13. The fourth-order valence-electron chi connectivity index (χ4n) is 2.73. The number of anilines is 1. The molecule has 27 heavy (non-hydrogen) atoms. The normalized spacial score (nSPS) is 10.7. The minimum atomic E-state index is -0.328. The van der Waals surface area contributed by atoms with Gasteiger partial charge in [-0.3, -0.25) is 15.6 Å². The SMILES string of the molecule is Cc1ccccc1C(=O)NNc1ncnc2c1cnn2-c1ccc(F)cc1. The molecule has 2 N–H and O–H groups in total. The van der Waals surface area contributed by atoms with Crippen molar-refractivity contribution in [2.24, 2.45) is 0 Å². The smallest absolute Gasteiger partial charge is 0.269 e. The van der Waals surface area contributed by atoms with E-state index in [1.165, 1.54) is 18.5 Å². The Balaban J connectivity index is 1.61. The topological polar surface area (TPSA) is 84.7 Å². The number of hydrazine groups is 1. The maximum Gasteiger partial charge on any atom is 0.269 e. The second-order valence-electron chi connectivity index (χ2n) is 5.89. The number of amides is 1. The lowest BCUT2D eigenvalue weighted by Crippen LogP contribution is -2.30. The molecule has 7 nitrogen and oxygen atoms in total. The zero-order valence-corrected chi connectivity index (χ0v) is 14.3. The summed E-state index contributed by atoms with van der Waals surface area (Å²) < 4.78 is 14.7. The number of carbonyl (C=O) groups is 1. The average Bonchev–Trinajstić information content (AvgIpc) is 3.12. The molecule has 0 saturated heterocycles. The second kappa shape index (κ2) is 6.83. The van der Waals surface area contributed by atoms with E-state index in [0.717, 1.165) is 5.56 Å². The number of nitrogens with one attached hydrogen (secondary N) is 2. The van der Waals surface area contributed by atoms with Crippen molar-refractivity contribution in [3.63, 3.8) is 0 Å². The van der Waals surface area contributed by atoms with Gasteiger partial charge in [0.2, 0.25) is 0 Å². The molecule has 0 saturated carbocycles. The van der Waals surface area contributed by atoms with Crippen LogP contribution in [0.15, 0.2) is 61.1 Å². The van der Waals surface area contributed by atoms with Gasteiger partial charge in [0.05, 0.1) is 17.3 Å². The highest BCUT2D eigenvalue weighted by atomic mass is 19.1. The van der Waals surface area contributed by atoms with Crippen LogP contribution in [-0.2, 0) is 0 Å². The number of halogens is 1. The number of hydrogen-bond acceptors (Lipinski definition) is 5. The minimum absolute atomic E-state index is 0.272. The summed E-state index contributed by atoms with van der Waals surface area (Å²) >= 11 is 0. The Bertz CT molecular complexity index is 1120. The molecule has 0 radical (unpaired) electrons. The highest BCUT2D eigenvalue weighted by molar-refractivity contribution is 5.97. The summed E-state index contributed by atoms with van der Waals surface area (Å²) in [6, 6.07) is 13.2. The van der Waals surface area contributed by atoms with E-state index < -0.39 is 0 Å². The fraction of sp³-hybridized carbons (Fsp3) is 0.0526. The third-order valence-corrected chi connectivity index (χ3v) is 4.12. The van der Waals surface area contributed by atoms with Crippen LogP contribution in [-0.4, -0.2) is 25.7 Å². The molecule has 0 aliphatic carbocycles. The molecule has 0 fully saturated rings. The molecule has 4 aromatic rings. The molecule has 0 unspecified atom stereocenters. The van der Waals surface area contributed by atoms with E-state index in [0.29, 0.717) is 28.1 Å². The number of aromatic nitrogens is 4. The van der Waals surface area contributed by atoms with Crippen LogP contribution in [0.1, 0.15) is 15.9 Å². The highest BCUT2D eigenvalue weighted by Crippen LogP contribution is 2.21. The summed E-state index contributed by atoms with van der Waals surface area (Å²) in [6.45, 7) is 1.87. The summed E-state index contributed by atoms with van der Waals surface area (Å²) in [6.07, 6.45) is 2.95. The third kappa shape index (κ3) is 3.20. The molecule has 0 aliphatic rings. The second-order valence-corrected chi connectivity index (χ2v) is 5.89. The van der Waals surface area contributed by atoms with E-state index >= 15 is 0 Å². The maximum atomic E-state index is 13.1. The Morgan fingerprint density at radius 3 is 2.63 bits per heavy atom. The molecule has 1 amide bonds. The van der Waals surface area contributed by atoms with Crippen LogP contribution < -0.4 is 10.9 Å². The standard InChI is InChI=1S/C19H15FN6O/c1-12-4-2-3-5-15(12)19(27)25-24-17-16-10-23-26(18(16)22-11-21-17)14-8-6-13(20)7-9-14/h2-11H,1H3,(H,25,27)(H,21,22,24). The molecule has 2 heterocycles. The van der Waals surface area contributed by atoms with E-state index in [4.69, 9.17) is 0 Å². The largest absolute Gasteiger partial charge is 0.281 e. The number of benzene rings is 2. The monoisotopic (exact) mass is 362 g/mol. The molecule has 0 spiro atoms. The van der Waals surface area contributed by atoms with Crippen molar-refractivity contribution in [2.45, 2.75) is 6.92 Å². The van der Waals surface area contributed by atoms with Crippen molar-refractivity contribution in [2.75, 3.05) is 5.43 Å². The molecule has 2 aromatic carbocycles. The summed E-state index contributed by atoms with van der Waals surface area (Å²) in [5, 5.41) is 4.91. The first-order chi connectivity index (χ1) is 13.1. The predicted octanol–water partition coefficient (Wildman–Crippen LogP) is 3.02. The predicted molar refractivity (Wildman–Crippen MR) is 98.9 cm³/mol. The molecular weight excluding hydrogens is 347 g/mol. The number of fused-ring (bicyclic) bond motifs is 1. The van der Waals surface area contributed by atoms with Crippen LogP contribution in [0.4, 0.5) is 10.2 Å². The Kier molecular flexibility index (Phi) is 4.21. The molecule has 2 aromatic heterocycles. The molecule has 0 bridgehead atoms. The number of carbonyl (C=O) groups excluding carboxylic acids is 1. The molecule has 4 rings (SSSR count). The van der Waals surface area contributed by atoms with Gasteiger partial charge < -0.3 is 0 Å². The fourth-order valence-corrected chi connectivity index (χ4v) is 2.73. The molecule has 8 heteroatoms. The summed E-state index contributed by atoms with van der Waals surface area (Å²) in [5.41, 5.74) is 8.10. The van der Waals surface area contributed by atoms with Gasteiger partial charge in [0.15, 0.2) is 11.5 Å². The van der Waals surface area contributed by atoms with Gasteiger partial charge in [0.25, 0.3) is 5.91 Å². The Morgan fingerprint density at radius 1 is 1.07 bits per heavy atom. The molecule has 0 atom stereocenters. The van der Waals surface area contributed by atoms with Crippen LogP contribution >= 0.6 is 0 Å². The van der Waals surface area contributed by atoms with E-state index in [9.17, 15) is 9.18 Å². The lowest BCUT2D eigenvalue weighted by Gasteiger charge is -2.10. The van der Waals surface area contributed by atoms with Gasteiger partial charge in [-0.2, -0.15) is 5.10 Å². The number of rotatable bonds is 4. The quantitative estimate of drug-likeness (QED) is 0.545. The zero-order chi connectivity index (χ0) is 18.8. The van der Waals surface area contributed by atoms with Crippen LogP contribution in [0.25, 0.3) is 16.7 Å². The number of aryl methyl sites for hydroxylation is 1. The number of hydrogen-bond donors (Lipinski definition) is 2. The van der Waals surface area contributed by atoms with E-state index in [-0.39, 0.29) is 11.7 Å². The van der Waals surface area contributed by atoms with E-state index in [1.807, 2.05) is 19.1 Å². The van der Waals surface area contributed by atoms with Gasteiger partial charge in [-0.25, -0.2) is 19.0 Å². The van der Waals surface area contributed by atoms with Crippen LogP contribution in [0.5, 0.6) is 0 Å². The van der Waals surface area contributed by atoms with Crippen LogP contribution in [0.3, 0.4) is 0 Å². The van der Waals surface area contributed by atoms with Crippen LogP contribution in [0, 0.1) is 12.7 Å². The lowest BCUT2D eigenvalue weighted by molar-refractivity contribution is 0.0962. The van der Waals surface area contributed by atoms with Gasteiger partial charge in [0, 0.05) is 5.56 Å². The molecule has 134 valence electrons. The molecule has 0 aliphatic heterocycles. The first-order valence-corrected chi connectivity index (χ1v) is 8.20. The Hall–Kier alpha value is -3.81. The molecular formula is C19H15FN6O. The summed E-state index contributed by atoms with van der Waals surface area (Å²) in [5.74, 6) is -0.188. The number of nitrogens with zero attached hydrogens (tertiary/aromatic N) is 4. The van der Waals surface area contributed by atoms with Gasteiger partial charge >= 0.3 is 0 Å².